The summed E-state index contributed by atoms with van der Waals surface area (Å²) in [7, 11) is 1.62. The summed E-state index contributed by atoms with van der Waals surface area (Å²) in [6, 6.07) is 9.98. The third kappa shape index (κ3) is 2.91. The summed E-state index contributed by atoms with van der Waals surface area (Å²) in [5, 5.41) is 4.24. The van der Waals surface area contributed by atoms with Crippen LogP contribution in [0.5, 0.6) is 5.88 Å². The van der Waals surface area contributed by atoms with Crippen LogP contribution in [-0.4, -0.2) is 17.1 Å². The Labute approximate surface area is 129 Å². The van der Waals surface area contributed by atoms with Gasteiger partial charge in [-0.3, -0.25) is 0 Å². The zero-order valence-corrected chi connectivity index (χ0v) is 13.2. The molecular weight excluding hydrogens is 338 g/mol. The SMILES string of the molecule is COc1cc(CNc2nc3cc(Br)ccc3s2)ccn1. The predicted molar refractivity (Wildman–Crippen MR) is 85.4 cm³/mol. The van der Waals surface area contributed by atoms with E-state index in [4.69, 9.17) is 4.74 Å². The number of rotatable bonds is 4. The highest BCUT2D eigenvalue weighted by molar-refractivity contribution is 9.10. The standard InChI is InChI=1S/C14H12BrN3OS/c1-19-13-6-9(4-5-16-13)8-17-14-18-11-7-10(15)2-3-12(11)20-14/h2-7H,8H2,1H3,(H,17,18). The fraction of sp³-hybridized carbons (Fsp3) is 0.143. The predicted octanol–water partition coefficient (Wildman–Crippen LogP) is 4.07. The van der Waals surface area contributed by atoms with Crippen LogP contribution < -0.4 is 10.1 Å². The van der Waals surface area contributed by atoms with E-state index in [2.05, 4.69) is 37.3 Å². The summed E-state index contributed by atoms with van der Waals surface area (Å²) in [6.07, 6.45) is 1.74. The Morgan fingerprint density at radius 2 is 2.20 bits per heavy atom. The number of hydrogen-bond acceptors (Lipinski definition) is 5. The molecule has 6 heteroatoms. The van der Waals surface area contributed by atoms with Crippen molar-refractivity contribution in [3.8, 4) is 5.88 Å². The molecule has 102 valence electrons. The first-order valence-corrected chi connectivity index (χ1v) is 7.64. The molecule has 0 saturated carbocycles. The molecule has 0 radical (unpaired) electrons. The number of fused-ring (bicyclic) bond motifs is 1. The van der Waals surface area contributed by atoms with Crippen molar-refractivity contribution in [3.63, 3.8) is 0 Å². The number of ether oxygens (including phenoxy) is 1. The van der Waals surface area contributed by atoms with Crippen molar-refractivity contribution in [3.05, 3.63) is 46.6 Å². The molecule has 3 aromatic rings. The van der Waals surface area contributed by atoms with E-state index in [1.807, 2.05) is 24.3 Å². The molecule has 0 aliphatic carbocycles. The summed E-state index contributed by atoms with van der Waals surface area (Å²) in [6.45, 7) is 0.694. The van der Waals surface area contributed by atoms with E-state index in [0.717, 1.165) is 20.7 Å². The van der Waals surface area contributed by atoms with Crippen LogP contribution >= 0.6 is 27.3 Å². The van der Waals surface area contributed by atoms with E-state index in [1.165, 1.54) is 4.70 Å². The van der Waals surface area contributed by atoms with Gasteiger partial charge in [-0.1, -0.05) is 27.3 Å². The molecule has 0 atom stereocenters. The van der Waals surface area contributed by atoms with Gasteiger partial charge in [0.05, 0.1) is 17.3 Å². The number of nitrogens with zero attached hydrogens (tertiary/aromatic N) is 2. The van der Waals surface area contributed by atoms with Gasteiger partial charge in [0.2, 0.25) is 5.88 Å². The summed E-state index contributed by atoms with van der Waals surface area (Å²) in [5.74, 6) is 0.623. The van der Waals surface area contributed by atoms with E-state index < -0.39 is 0 Å². The Morgan fingerprint density at radius 1 is 1.30 bits per heavy atom. The summed E-state index contributed by atoms with van der Waals surface area (Å²) in [4.78, 5) is 8.65. The van der Waals surface area contributed by atoms with E-state index >= 15 is 0 Å². The van der Waals surface area contributed by atoms with Crippen LogP contribution in [0.4, 0.5) is 5.13 Å². The molecule has 20 heavy (non-hydrogen) atoms. The van der Waals surface area contributed by atoms with Gasteiger partial charge in [-0.05, 0) is 29.8 Å². The molecule has 0 amide bonds. The molecule has 3 rings (SSSR count). The normalized spacial score (nSPS) is 10.7. The van der Waals surface area contributed by atoms with E-state index in [9.17, 15) is 0 Å². The smallest absolute Gasteiger partial charge is 0.213 e. The second-order valence-corrected chi connectivity index (χ2v) is 6.14. The molecule has 0 aliphatic rings. The second kappa shape index (κ2) is 5.76. The van der Waals surface area contributed by atoms with Crippen molar-refractivity contribution in [2.45, 2.75) is 6.54 Å². The minimum Gasteiger partial charge on any atom is -0.481 e. The Hall–Kier alpha value is -1.66. The minimum atomic E-state index is 0.623. The van der Waals surface area contributed by atoms with Gasteiger partial charge in [-0.2, -0.15) is 0 Å². The fourth-order valence-electron chi connectivity index (χ4n) is 1.83. The third-order valence-electron chi connectivity index (χ3n) is 2.80. The van der Waals surface area contributed by atoms with Crippen LogP contribution in [-0.2, 0) is 6.54 Å². The number of anilines is 1. The molecule has 2 heterocycles. The number of pyridine rings is 1. The molecule has 0 fully saturated rings. The van der Waals surface area contributed by atoms with Gasteiger partial charge >= 0.3 is 0 Å². The van der Waals surface area contributed by atoms with Crippen molar-refractivity contribution in [2.75, 3.05) is 12.4 Å². The van der Waals surface area contributed by atoms with Crippen LogP contribution in [0.3, 0.4) is 0 Å². The maximum atomic E-state index is 5.11. The lowest BCUT2D eigenvalue weighted by Crippen LogP contribution is -1.99. The zero-order valence-electron chi connectivity index (χ0n) is 10.8. The topological polar surface area (TPSA) is 47.0 Å². The van der Waals surface area contributed by atoms with E-state index in [1.54, 1.807) is 24.6 Å². The lowest BCUT2D eigenvalue weighted by atomic mass is 10.3. The minimum absolute atomic E-state index is 0.623. The third-order valence-corrected chi connectivity index (χ3v) is 4.29. The van der Waals surface area contributed by atoms with Crippen molar-refractivity contribution in [2.24, 2.45) is 0 Å². The molecule has 0 saturated heterocycles. The van der Waals surface area contributed by atoms with Crippen LogP contribution in [0, 0.1) is 0 Å². The van der Waals surface area contributed by atoms with Crippen molar-refractivity contribution < 1.29 is 4.74 Å². The molecule has 0 unspecified atom stereocenters. The van der Waals surface area contributed by atoms with Gasteiger partial charge < -0.3 is 10.1 Å². The van der Waals surface area contributed by atoms with Crippen LogP contribution in [0.25, 0.3) is 10.2 Å². The highest BCUT2D eigenvalue weighted by Crippen LogP contribution is 2.28. The van der Waals surface area contributed by atoms with Crippen LogP contribution in [0.15, 0.2) is 41.0 Å². The van der Waals surface area contributed by atoms with Gasteiger partial charge in [0.15, 0.2) is 5.13 Å². The van der Waals surface area contributed by atoms with Gasteiger partial charge in [0.25, 0.3) is 0 Å². The largest absolute Gasteiger partial charge is 0.481 e. The molecule has 1 aromatic carbocycles. The molecular formula is C14H12BrN3OS. The quantitative estimate of drug-likeness (QED) is 0.770. The monoisotopic (exact) mass is 349 g/mol. The Bertz CT molecular complexity index is 744. The van der Waals surface area contributed by atoms with Gasteiger partial charge in [0, 0.05) is 23.3 Å². The van der Waals surface area contributed by atoms with Crippen LogP contribution in [0.2, 0.25) is 0 Å². The Balaban J connectivity index is 1.76. The lowest BCUT2D eigenvalue weighted by Gasteiger charge is -2.04. The summed E-state index contributed by atoms with van der Waals surface area (Å²) in [5.41, 5.74) is 2.11. The van der Waals surface area contributed by atoms with Crippen molar-refractivity contribution in [1.29, 1.82) is 0 Å². The van der Waals surface area contributed by atoms with Gasteiger partial charge in [0.1, 0.15) is 0 Å². The number of methoxy groups -OCH3 is 1. The first-order chi connectivity index (χ1) is 9.74. The average Bonchev–Trinajstić information content (AvgIpc) is 2.87. The molecule has 2 aromatic heterocycles. The molecule has 0 bridgehead atoms. The molecule has 0 spiro atoms. The van der Waals surface area contributed by atoms with Crippen LogP contribution in [0.1, 0.15) is 5.56 Å². The van der Waals surface area contributed by atoms with Crippen molar-refractivity contribution in [1.82, 2.24) is 9.97 Å². The Kier molecular flexibility index (Phi) is 3.84. The fourth-order valence-corrected chi connectivity index (χ4v) is 3.02. The number of benzene rings is 1. The highest BCUT2D eigenvalue weighted by Gasteiger charge is 2.04. The first-order valence-electron chi connectivity index (χ1n) is 6.03. The average molecular weight is 350 g/mol. The number of aromatic nitrogens is 2. The molecule has 4 nitrogen and oxygen atoms in total. The second-order valence-electron chi connectivity index (χ2n) is 4.19. The zero-order chi connectivity index (χ0) is 13.9. The van der Waals surface area contributed by atoms with E-state index in [-0.39, 0.29) is 0 Å². The molecule has 1 N–H and O–H groups in total. The number of halogens is 1. The van der Waals surface area contributed by atoms with E-state index in [0.29, 0.717) is 12.4 Å². The number of nitrogens with one attached hydrogen (secondary N) is 1. The lowest BCUT2D eigenvalue weighted by molar-refractivity contribution is 0.397. The van der Waals surface area contributed by atoms with Crippen molar-refractivity contribution >= 4 is 42.6 Å². The number of hydrogen-bond donors (Lipinski definition) is 1. The molecule has 0 aliphatic heterocycles. The van der Waals surface area contributed by atoms with Gasteiger partial charge in [-0.25, -0.2) is 9.97 Å². The number of thiazole rings is 1. The summed E-state index contributed by atoms with van der Waals surface area (Å²) >= 11 is 5.10. The summed E-state index contributed by atoms with van der Waals surface area (Å²) < 4.78 is 7.32. The first kappa shape index (κ1) is 13.3. The Morgan fingerprint density at radius 3 is 3.05 bits per heavy atom. The van der Waals surface area contributed by atoms with Gasteiger partial charge in [-0.15, -0.1) is 0 Å². The maximum Gasteiger partial charge on any atom is 0.213 e. The highest BCUT2D eigenvalue weighted by atomic mass is 79.9. The maximum absolute atomic E-state index is 5.11.